The standard InChI is InChI=1S/C22H25N3O5S/c1-6-30-17-9-7-16(8-10-17)25-21(23-24-22(25)31-13-14(2)26)15-11-18(27-3)20(29-5)19(12-15)28-4/h7-12H,6,13H2,1-5H3. The summed E-state index contributed by atoms with van der Waals surface area (Å²) in [4.78, 5) is 11.6. The molecule has 0 saturated heterocycles. The van der Waals surface area contributed by atoms with Gasteiger partial charge in [-0.3, -0.25) is 9.36 Å². The lowest BCUT2D eigenvalue weighted by molar-refractivity contribution is -0.114. The summed E-state index contributed by atoms with van der Waals surface area (Å²) in [7, 11) is 4.68. The van der Waals surface area contributed by atoms with Crippen LogP contribution in [0.15, 0.2) is 41.6 Å². The molecule has 1 aromatic heterocycles. The van der Waals surface area contributed by atoms with Gasteiger partial charge in [-0.05, 0) is 50.2 Å². The van der Waals surface area contributed by atoms with E-state index >= 15 is 0 Å². The van der Waals surface area contributed by atoms with Gasteiger partial charge >= 0.3 is 0 Å². The van der Waals surface area contributed by atoms with Gasteiger partial charge in [0.2, 0.25) is 5.75 Å². The van der Waals surface area contributed by atoms with Crippen LogP contribution in [0.2, 0.25) is 0 Å². The zero-order valence-corrected chi connectivity index (χ0v) is 19.0. The van der Waals surface area contributed by atoms with Crippen LogP contribution in [0.25, 0.3) is 17.1 Å². The fourth-order valence-corrected chi connectivity index (χ4v) is 3.77. The van der Waals surface area contributed by atoms with Crippen molar-refractivity contribution in [1.29, 1.82) is 0 Å². The Bertz CT molecular complexity index is 1020. The highest BCUT2D eigenvalue weighted by molar-refractivity contribution is 7.99. The third-order valence-electron chi connectivity index (χ3n) is 4.37. The number of methoxy groups -OCH3 is 3. The molecular weight excluding hydrogens is 418 g/mol. The predicted octanol–water partition coefficient (Wildman–Crippen LogP) is 4.04. The SMILES string of the molecule is CCOc1ccc(-n2c(SCC(C)=O)nnc2-c2cc(OC)c(OC)c(OC)c2)cc1. The summed E-state index contributed by atoms with van der Waals surface area (Å²) in [6.07, 6.45) is 0. The molecule has 0 amide bonds. The van der Waals surface area contributed by atoms with E-state index in [-0.39, 0.29) is 5.78 Å². The summed E-state index contributed by atoms with van der Waals surface area (Å²) in [6, 6.07) is 11.3. The summed E-state index contributed by atoms with van der Waals surface area (Å²) in [5.41, 5.74) is 1.56. The molecule has 31 heavy (non-hydrogen) atoms. The number of nitrogens with zero attached hydrogens (tertiary/aromatic N) is 3. The molecule has 0 fully saturated rings. The molecule has 0 spiro atoms. The van der Waals surface area contributed by atoms with Gasteiger partial charge in [0.1, 0.15) is 11.5 Å². The predicted molar refractivity (Wildman–Crippen MR) is 119 cm³/mol. The molecule has 0 atom stereocenters. The molecule has 0 unspecified atom stereocenters. The monoisotopic (exact) mass is 443 g/mol. The van der Waals surface area contributed by atoms with Gasteiger partial charge in [0.25, 0.3) is 0 Å². The Morgan fingerprint density at radius 1 is 1.00 bits per heavy atom. The zero-order valence-electron chi connectivity index (χ0n) is 18.2. The highest BCUT2D eigenvalue weighted by Gasteiger charge is 2.21. The van der Waals surface area contributed by atoms with Crippen molar-refractivity contribution in [3.05, 3.63) is 36.4 Å². The fourth-order valence-electron chi connectivity index (χ4n) is 3.02. The lowest BCUT2D eigenvalue weighted by Crippen LogP contribution is -2.03. The van der Waals surface area contributed by atoms with E-state index in [4.69, 9.17) is 18.9 Å². The summed E-state index contributed by atoms with van der Waals surface area (Å²) >= 11 is 1.33. The van der Waals surface area contributed by atoms with Crippen molar-refractivity contribution in [2.24, 2.45) is 0 Å². The zero-order chi connectivity index (χ0) is 22.4. The highest BCUT2D eigenvalue weighted by Crippen LogP contribution is 2.41. The average Bonchev–Trinajstić information content (AvgIpc) is 3.21. The number of thioether (sulfide) groups is 1. The van der Waals surface area contributed by atoms with E-state index < -0.39 is 0 Å². The van der Waals surface area contributed by atoms with Gasteiger partial charge in [0.05, 0.1) is 33.7 Å². The van der Waals surface area contributed by atoms with Crippen molar-refractivity contribution in [2.75, 3.05) is 33.7 Å². The third kappa shape index (κ3) is 4.93. The van der Waals surface area contributed by atoms with Crippen molar-refractivity contribution < 1.29 is 23.7 Å². The van der Waals surface area contributed by atoms with Crippen LogP contribution >= 0.6 is 11.8 Å². The molecular formula is C22H25N3O5S. The van der Waals surface area contributed by atoms with E-state index in [9.17, 15) is 4.79 Å². The maximum absolute atomic E-state index is 11.6. The summed E-state index contributed by atoms with van der Waals surface area (Å²) in [5.74, 6) is 3.21. The topological polar surface area (TPSA) is 84.7 Å². The van der Waals surface area contributed by atoms with E-state index in [1.165, 1.54) is 11.8 Å². The normalized spacial score (nSPS) is 10.6. The number of Topliss-reactive ketones (excluding diaryl/α,β-unsaturated/α-hetero) is 1. The number of ketones is 1. The van der Waals surface area contributed by atoms with E-state index in [1.54, 1.807) is 28.3 Å². The van der Waals surface area contributed by atoms with Crippen LogP contribution in [0.1, 0.15) is 13.8 Å². The molecule has 0 aliphatic carbocycles. The van der Waals surface area contributed by atoms with Gasteiger partial charge < -0.3 is 18.9 Å². The number of ether oxygens (including phenoxy) is 4. The van der Waals surface area contributed by atoms with E-state index in [0.29, 0.717) is 40.6 Å². The average molecular weight is 444 g/mol. The van der Waals surface area contributed by atoms with E-state index in [0.717, 1.165) is 17.0 Å². The summed E-state index contributed by atoms with van der Waals surface area (Å²) in [6.45, 7) is 4.07. The van der Waals surface area contributed by atoms with Gasteiger partial charge in [-0.1, -0.05) is 11.8 Å². The Balaban J connectivity index is 2.15. The quantitative estimate of drug-likeness (QED) is 0.434. The Morgan fingerprint density at radius 3 is 2.16 bits per heavy atom. The Morgan fingerprint density at radius 2 is 1.65 bits per heavy atom. The maximum Gasteiger partial charge on any atom is 0.203 e. The first-order valence-electron chi connectivity index (χ1n) is 9.63. The van der Waals surface area contributed by atoms with Crippen LogP contribution in [-0.2, 0) is 4.79 Å². The van der Waals surface area contributed by atoms with Crippen molar-refractivity contribution in [1.82, 2.24) is 14.8 Å². The first kappa shape index (κ1) is 22.5. The van der Waals surface area contributed by atoms with Crippen LogP contribution in [0.5, 0.6) is 23.0 Å². The van der Waals surface area contributed by atoms with E-state index in [2.05, 4.69) is 10.2 Å². The lowest BCUT2D eigenvalue weighted by Gasteiger charge is -2.15. The number of rotatable bonds is 10. The third-order valence-corrected chi connectivity index (χ3v) is 5.44. The summed E-state index contributed by atoms with van der Waals surface area (Å²) < 4.78 is 23.8. The van der Waals surface area contributed by atoms with Gasteiger partial charge in [-0.25, -0.2) is 0 Å². The lowest BCUT2D eigenvalue weighted by atomic mass is 10.1. The minimum Gasteiger partial charge on any atom is -0.494 e. The molecule has 0 saturated carbocycles. The van der Waals surface area contributed by atoms with Crippen molar-refractivity contribution in [3.8, 4) is 40.1 Å². The maximum atomic E-state index is 11.6. The smallest absolute Gasteiger partial charge is 0.203 e. The highest BCUT2D eigenvalue weighted by atomic mass is 32.2. The molecule has 164 valence electrons. The number of carbonyl (C=O) groups excluding carboxylic acids is 1. The van der Waals surface area contributed by atoms with Crippen molar-refractivity contribution >= 4 is 17.5 Å². The second-order valence-corrected chi connectivity index (χ2v) is 7.42. The molecule has 1 heterocycles. The minimum atomic E-state index is 0.0561. The van der Waals surface area contributed by atoms with Gasteiger partial charge in [0, 0.05) is 11.3 Å². The van der Waals surface area contributed by atoms with Crippen LogP contribution < -0.4 is 18.9 Å². The fraction of sp³-hybridized carbons (Fsp3) is 0.318. The van der Waals surface area contributed by atoms with Crippen LogP contribution in [-0.4, -0.2) is 54.2 Å². The molecule has 0 aliphatic heterocycles. The van der Waals surface area contributed by atoms with Gasteiger partial charge in [-0.2, -0.15) is 0 Å². The minimum absolute atomic E-state index is 0.0561. The second-order valence-electron chi connectivity index (χ2n) is 6.47. The Labute approximate surface area is 185 Å². The molecule has 0 aliphatic rings. The molecule has 3 aromatic rings. The molecule has 0 bridgehead atoms. The van der Waals surface area contributed by atoms with Crippen molar-refractivity contribution in [2.45, 2.75) is 19.0 Å². The molecule has 2 aromatic carbocycles. The number of aromatic nitrogens is 3. The first-order valence-corrected chi connectivity index (χ1v) is 10.6. The molecule has 9 heteroatoms. The molecule has 0 radical (unpaired) electrons. The number of hydrogen-bond donors (Lipinski definition) is 0. The van der Waals surface area contributed by atoms with Crippen molar-refractivity contribution in [3.63, 3.8) is 0 Å². The van der Waals surface area contributed by atoms with E-state index in [1.807, 2.05) is 47.9 Å². The Hall–Kier alpha value is -3.20. The van der Waals surface area contributed by atoms with Gasteiger partial charge in [-0.15, -0.1) is 10.2 Å². The van der Waals surface area contributed by atoms with Crippen LogP contribution in [0.3, 0.4) is 0 Å². The second kappa shape index (κ2) is 10.2. The molecule has 3 rings (SSSR count). The first-order chi connectivity index (χ1) is 15.0. The largest absolute Gasteiger partial charge is 0.494 e. The van der Waals surface area contributed by atoms with Crippen LogP contribution in [0.4, 0.5) is 0 Å². The Kier molecular flexibility index (Phi) is 7.41. The number of hydrogen-bond acceptors (Lipinski definition) is 8. The molecule has 0 N–H and O–H groups in total. The van der Waals surface area contributed by atoms with Gasteiger partial charge in [0.15, 0.2) is 22.5 Å². The number of benzene rings is 2. The van der Waals surface area contributed by atoms with Crippen LogP contribution in [0, 0.1) is 0 Å². The summed E-state index contributed by atoms with van der Waals surface area (Å²) in [5, 5.41) is 9.34. The number of carbonyl (C=O) groups is 1. The molecule has 8 nitrogen and oxygen atoms in total.